The first kappa shape index (κ1) is 29.8. The normalized spacial score (nSPS) is 24.0. The maximum Gasteiger partial charge on any atom is 0.0912 e. The standard InChI is InChI=1S/C49H39N3/c1-51-44-27-15-16-32-48(44,51)47(33-17-5-2-6-18-33)50-52-43-26-14-12-23-36(43)38-29-28-37-39(46(38)52)30-31-42-45(37)40-24-11-13-25-41(40)49(42,34-19-7-3-8-20-34)35-21-9-4-10-22-35/h2-24,26-32,41,44,47,50H,25H2,1H3. The minimum atomic E-state index is -0.299. The number of rotatable bonds is 6. The zero-order valence-corrected chi connectivity index (χ0v) is 29.2. The molecule has 1 aromatic heterocycles. The summed E-state index contributed by atoms with van der Waals surface area (Å²) in [5, 5.41) is 5.11. The Morgan fingerprint density at radius 1 is 0.654 bits per heavy atom. The smallest absolute Gasteiger partial charge is 0.0912 e. The summed E-state index contributed by atoms with van der Waals surface area (Å²) in [6, 6.07) is 52.4. The lowest BCUT2D eigenvalue weighted by atomic mass is 9.63. The predicted octanol–water partition coefficient (Wildman–Crippen LogP) is 10.7. The second-order valence-electron chi connectivity index (χ2n) is 14.9. The molecule has 6 aromatic carbocycles. The lowest BCUT2D eigenvalue weighted by Crippen LogP contribution is -2.36. The van der Waals surface area contributed by atoms with E-state index in [0.717, 1.165) is 6.42 Å². The minimum Gasteiger partial charge on any atom is -0.315 e. The molecule has 250 valence electrons. The summed E-state index contributed by atoms with van der Waals surface area (Å²) in [6.45, 7) is 0. The fraction of sp³-hybridized carbons (Fsp3) is 0.143. The van der Waals surface area contributed by atoms with E-state index in [2.05, 4.69) is 204 Å². The molecule has 0 radical (unpaired) electrons. The second-order valence-corrected chi connectivity index (χ2v) is 14.9. The van der Waals surface area contributed by atoms with Crippen LogP contribution in [0.25, 0.3) is 38.2 Å². The fourth-order valence-electron chi connectivity index (χ4n) is 10.5. The Balaban J connectivity index is 1.20. The zero-order valence-electron chi connectivity index (χ0n) is 29.2. The van der Waals surface area contributed by atoms with E-state index in [-0.39, 0.29) is 22.9 Å². The van der Waals surface area contributed by atoms with E-state index in [1.165, 1.54) is 66.0 Å². The molecule has 4 aliphatic rings. The second kappa shape index (κ2) is 11.0. The van der Waals surface area contributed by atoms with Crippen LogP contribution in [0.3, 0.4) is 0 Å². The van der Waals surface area contributed by atoms with Gasteiger partial charge in [0.1, 0.15) is 0 Å². The Morgan fingerprint density at radius 3 is 2.06 bits per heavy atom. The average Bonchev–Trinajstić information content (AvgIpc) is 3.52. The molecule has 0 spiro atoms. The van der Waals surface area contributed by atoms with Gasteiger partial charge in [-0.05, 0) is 58.3 Å². The molecule has 0 amide bonds. The molecular formula is C49H39N3. The molecule has 3 aliphatic carbocycles. The Hall–Kier alpha value is -5.90. The van der Waals surface area contributed by atoms with Crippen molar-refractivity contribution in [2.45, 2.75) is 29.5 Å². The van der Waals surface area contributed by atoms with Crippen LogP contribution in [0.1, 0.15) is 40.3 Å². The fourth-order valence-corrected chi connectivity index (χ4v) is 10.5. The van der Waals surface area contributed by atoms with Crippen molar-refractivity contribution >= 4 is 38.2 Å². The number of para-hydroxylation sites is 1. The molecular weight excluding hydrogens is 631 g/mol. The molecule has 5 unspecified atom stereocenters. The molecule has 1 saturated heterocycles. The predicted molar refractivity (Wildman–Crippen MR) is 216 cm³/mol. The monoisotopic (exact) mass is 669 g/mol. The number of hydrogen-bond acceptors (Lipinski definition) is 2. The maximum atomic E-state index is 4.19. The van der Waals surface area contributed by atoms with Gasteiger partial charge in [-0.2, -0.15) is 0 Å². The van der Waals surface area contributed by atoms with E-state index in [4.69, 9.17) is 0 Å². The van der Waals surface area contributed by atoms with Crippen LogP contribution in [0, 0.1) is 5.92 Å². The Labute approximate surface area is 304 Å². The highest BCUT2D eigenvalue weighted by atomic mass is 15.5. The van der Waals surface area contributed by atoms with Gasteiger partial charge in [-0.3, -0.25) is 9.58 Å². The molecule has 7 aromatic rings. The quantitative estimate of drug-likeness (QED) is 0.178. The van der Waals surface area contributed by atoms with E-state index >= 15 is 0 Å². The Kier molecular flexibility index (Phi) is 6.33. The molecule has 1 N–H and O–H groups in total. The third-order valence-electron chi connectivity index (χ3n) is 12.7. The molecule has 2 heterocycles. The number of likely N-dealkylation sites (N-methyl/N-ethyl adjacent to an activating group) is 1. The third kappa shape index (κ3) is 3.84. The summed E-state index contributed by atoms with van der Waals surface area (Å²) in [7, 11) is 2.25. The summed E-state index contributed by atoms with van der Waals surface area (Å²) in [5.74, 6) is 0.289. The molecule has 3 heteroatoms. The van der Waals surface area contributed by atoms with Crippen molar-refractivity contribution in [2.24, 2.45) is 5.92 Å². The minimum absolute atomic E-state index is 0.0213. The number of allylic oxidation sites excluding steroid dienone is 6. The largest absolute Gasteiger partial charge is 0.315 e. The van der Waals surface area contributed by atoms with Crippen molar-refractivity contribution in [1.29, 1.82) is 0 Å². The van der Waals surface area contributed by atoms with Crippen molar-refractivity contribution in [3.05, 3.63) is 210 Å². The molecule has 0 bridgehead atoms. The van der Waals surface area contributed by atoms with Crippen LogP contribution in [0.5, 0.6) is 0 Å². The van der Waals surface area contributed by atoms with Gasteiger partial charge in [-0.1, -0.05) is 176 Å². The van der Waals surface area contributed by atoms with Gasteiger partial charge >= 0.3 is 0 Å². The summed E-state index contributed by atoms with van der Waals surface area (Å²) >= 11 is 0. The topological polar surface area (TPSA) is 20.0 Å². The van der Waals surface area contributed by atoms with E-state index < -0.39 is 0 Å². The Bertz CT molecular complexity index is 2620. The van der Waals surface area contributed by atoms with Gasteiger partial charge in [0, 0.05) is 22.1 Å². The molecule has 0 saturated carbocycles. The van der Waals surface area contributed by atoms with Crippen LogP contribution in [0.15, 0.2) is 182 Å². The summed E-state index contributed by atoms with van der Waals surface area (Å²) in [5.41, 5.74) is 14.4. The number of hydrogen-bond donors (Lipinski definition) is 1. The summed E-state index contributed by atoms with van der Waals surface area (Å²) in [4.78, 5) is 2.49. The lowest BCUT2D eigenvalue weighted by Gasteiger charge is -2.38. The first-order valence-corrected chi connectivity index (χ1v) is 18.6. The Morgan fingerprint density at radius 2 is 1.31 bits per heavy atom. The van der Waals surface area contributed by atoms with Gasteiger partial charge < -0.3 is 5.43 Å². The van der Waals surface area contributed by atoms with Crippen LogP contribution >= 0.6 is 0 Å². The highest BCUT2D eigenvalue weighted by Gasteiger charge is 2.63. The van der Waals surface area contributed by atoms with Gasteiger partial charge in [0.2, 0.25) is 0 Å². The van der Waals surface area contributed by atoms with Crippen LogP contribution in [-0.2, 0) is 5.41 Å². The molecule has 5 atom stereocenters. The highest BCUT2D eigenvalue weighted by Crippen LogP contribution is 2.61. The molecule has 3 nitrogen and oxygen atoms in total. The van der Waals surface area contributed by atoms with Crippen LogP contribution in [-0.4, -0.2) is 28.2 Å². The molecule has 1 aliphatic heterocycles. The number of fused-ring (bicyclic) bond motifs is 10. The van der Waals surface area contributed by atoms with Crippen molar-refractivity contribution in [2.75, 3.05) is 12.5 Å². The van der Waals surface area contributed by atoms with E-state index in [1.54, 1.807) is 0 Å². The van der Waals surface area contributed by atoms with Crippen LogP contribution in [0.2, 0.25) is 0 Å². The first-order chi connectivity index (χ1) is 25.7. The van der Waals surface area contributed by atoms with Crippen molar-refractivity contribution in [1.82, 2.24) is 9.58 Å². The maximum absolute atomic E-state index is 4.19. The SMILES string of the molecule is CN1C2C=CC=CC21C(Nn1c2ccccc2c2ccc3c4c(ccc3c21)C(c1ccccc1)(c1ccccc1)C1CC=CC=C41)c1ccccc1. The zero-order chi connectivity index (χ0) is 34.4. The van der Waals surface area contributed by atoms with Gasteiger partial charge in [0.15, 0.2) is 0 Å². The lowest BCUT2D eigenvalue weighted by molar-refractivity contribution is 0.463. The third-order valence-corrected chi connectivity index (χ3v) is 12.7. The number of aromatic nitrogens is 1. The van der Waals surface area contributed by atoms with Crippen LogP contribution < -0.4 is 5.43 Å². The van der Waals surface area contributed by atoms with Crippen LogP contribution in [0.4, 0.5) is 0 Å². The number of nitrogens with one attached hydrogen (secondary N) is 1. The highest BCUT2D eigenvalue weighted by molar-refractivity contribution is 6.20. The van der Waals surface area contributed by atoms with Crippen molar-refractivity contribution in [3.63, 3.8) is 0 Å². The van der Waals surface area contributed by atoms with E-state index in [0.29, 0.717) is 6.04 Å². The van der Waals surface area contributed by atoms with Crippen molar-refractivity contribution < 1.29 is 0 Å². The number of nitrogens with zero attached hydrogens (tertiary/aromatic N) is 2. The molecule has 52 heavy (non-hydrogen) atoms. The van der Waals surface area contributed by atoms with E-state index in [9.17, 15) is 0 Å². The molecule has 1 fully saturated rings. The average molecular weight is 670 g/mol. The number of benzene rings is 6. The van der Waals surface area contributed by atoms with Gasteiger partial charge in [-0.15, -0.1) is 0 Å². The van der Waals surface area contributed by atoms with E-state index in [1.807, 2.05) is 0 Å². The van der Waals surface area contributed by atoms with Crippen molar-refractivity contribution in [3.8, 4) is 0 Å². The molecule has 11 rings (SSSR count). The van der Waals surface area contributed by atoms with Gasteiger partial charge in [0.25, 0.3) is 0 Å². The van der Waals surface area contributed by atoms with Gasteiger partial charge in [0.05, 0.1) is 34.1 Å². The van der Waals surface area contributed by atoms with Gasteiger partial charge in [-0.25, -0.2) is 0 Å². The first-order valence-electron chi connectivity index (χ1n) is 18.6. The summed E-state index contributed by atoms with van der Waals surface area (Å²) in [6.07, 6.45) is 17.2. The summed E-state index contributed by atoms with van der Waals surface area (Å²) < 4.78 is 2.42.